The van der Waals surface area contributed by atoms with Crippen LogP contribution in [0.5, 0.6) is 11.5 Å². The predicted octanol–water partition coefficient (Wildman–Crippen LogP) is 6.57. The average molecular weight is 502 g/mol. The number of hydrogen-bond donors (Lipinski definition) is 2. The highest BCUT2D eigenvalue weighted by molar-refractivity contribution is 7.71. The number of hydrogen-bond acceptors (Lipinski definition) is 5. The Labute approximate surface area is 201 Å². The van der Waals surface area contributed by atoms with Crippen molar-refractivity contribution in [2.24, 2.45) is 0 Å². The summed E-state index contributed by atoms with van der Waals surface area (Å²) in [6.45, 7) is 5.09. The van der Waals surface area contributed by atoms with Gasteiger partial charge in [0.15, 0.2) is 17.3 Å². The number of halogens is 3. The van der Waals surface area contributed by atoms with Crippen molar-refractivity contribution < 1.29 is 9.47 Å². The summed E-state index contributed by atoms with van der Waals surface area (Å²) >= 11 is 24.3. The van der Waals surface area contributed by atoms with Gasteiger partial charge in [-0.3, -0.25) is 5.10 Å². The number of nitrogens with one attached hydrogen (secondary N) is 2. The molecule has 0 spiro atoms. The van der Waals surface area contributed by atoms with E-state index in [1.54, 1.807) is 22.9 Å². The lowest BCUT2D eigenvalue weighted by Gasteiger charge is -2.17. The highest BCUT2D eigenvalue weighted by Gasteiger charge is 2.15. The number of benzene rings is 2. The molecular weight excluding hydrogens is 479 g/mol. The van der Waals surface area contributed by atoms with E-state index in [2.05, 4.69) is 22.5 Å². The average Bonchev–Trinajstić information content (AvgIpc) is 3.07. The first-order valence-corrected chi connectivity index (χ1v) is 11.4. The maximum absolute atomic E-state index is 6.54. The quantitative estimate of drug-likeness (QED) is 0.307. The van der Waals surface area contributed by atoms with E-state index in [4.69, 9.17) is 56.5 Å². The van der Waals surface area contributed by atoms with E-state index >= 15 is 0 Å². The van der Waals surface area contributed by atoms with Crippen LogP contribution in [0.3, 0.4) is 0 Å². The molecular formula is C21H23Cl3N4O2S. The first-order chi connectivity index (χ1) is 14.9. The summed E-state index contributed by atoms with van der Waals surface area (Å²) in [5.41, 5.74) is 4.87. The SMILES string of the molecule is CCCc1n[nH]c(=S)n1NCc1cc(Cl)c(OCc2c(Cl)cccc2Cl)c(OCC)c1. The third-order valence-electron chi connectivity index (χ3n) is 4.45. The van der Waals surface area contributed by atoms with Crippen LogP contribution in [0.1, 0.15) is 37.2 Å². The van der Waals surface area contributed by atoms with Gasteiger partial charge < -0.3 is 14.9 Å². The Kier molecular flexibility index (Phi) is 8.49. The smallest absolute Gasteiger partial charge is 0.214 e. The molecule has 166 valence electrons. The number of nitrogens with zero attached hydrogens (tertiary/aromatic N) is 2. The summed E-state index contributed by atoms with van der Waals surface area (Å²) in [7, 11) is 0. The molecule has 6 nitrogen and oxygen atoms in total. The number of ether oxygens (including phenoxy) is 2. The second kappa shape index (κ2) is 11.1. The van der Waals surface area contributed by atoms with Gasteiger partial charge in [0.25, 0.3) is 0 Å². The van der Waals surface area contributed by atoms with Crippen molar-refractivity contribution in [3.63, 3.8) is 0 Å². The normalized spacial score (nSPS) is 10.9. The van der Waals surface area contributed by atoms with Crippen LogP contribution in [-0.2, 0) is 19.6 Å². The topological polar surface area (TPSA) is 64.1 Å². The second-order valence-corrected chi connectivity index (χ2v) is 8.30. The molecule has 0 saturated carbocycles. The van der Waals surface area contributed by atoms with Crippen LogP contribution in [0, 0.1) is 4.77 Å². The van der Waals surface area contributed by atoms with E-state index in [0.717, 1.165) is 24.2 Å². The summed E-state index contributed by atoms with van der Waals surface area (Å²) < 4.78 is 14.0. The Morgan fingerprint density at radius 2 is 1.84 bits per heavy atom. The Balaban J connectivity index is 1.80. The molecule has 1 heterocycles. The van der Waals surface area contributed by atoms with Crippen molar-refractivity contribution in [1.29, 1.82) is 0 Å². The Morgan fingerprint density at radius 1 is 1.10 bits per heavy atom. The Morgan fingerprint density at radius 3 is 2.52 bits per heavy atom. The van der Waals surface area contributed by atoms with Crippen molar-refractivity contribution in [2.45, 2.75) is 39.8 Å². The number of aromatic nitrogens is 3. The first-order valence-electron chi connectivity index (χ1n) is 9.85. The standard InChI is InChI=1S/C21H23Cl3N4O2S/c1-3-6-19-26-27-21(31)28(19)25-11-13-9-17(24)20(18(10-13)29-4-2)30-12-14-15(22)7-5-8-16(14)23/h5,7-10,25H,3-4,6,11-12H2,1-2H3,(H,27,31). The monoisotopic (exact) mass is 500 g/mol. The van der Waals surface area contributed by atoms with E-state index < -0.39 is 0 Å². The molecule has 0 aliphatic carbocycles. The van der Waals surface area contributed by atoms with Gasteiger partial charge in [0.2, 0.25) is 4.77 Å². The molecule has 0 amide bonds. The molecule has 1 aromatic heterocycles. The number of aryl methyl sites for hydroxylation is 1. The van der Waals surface area contributed by atoms with Gasteiger partial charge in [0.05, 0.1) is 18.2 Å². The van der Waals surface area contributed by atoms with Crippen molar-refractivity contribution >= 4 is 47.0 Å². The molecule has 2 N–H and O–H groups in total. The summed E-state index contributed by atoms with van der Waals surface area (Å²) in [5.74, 6) is 1.83. The highest BCUT2D eigenvalue weighted by atomic mass is 35.5. The molecule has 0 atom stereocenters. The van der Waals surface area contributed by atoms with Crippen molar-refractivity contribution in [1.82, 2.24) is 14.9 Å². The van der Waals surface area contributed by atoms with E-state index in [-0.39, 0.29) is 6.61 Å². The van der Waals surface area contributed by atoms with Crippen LogP contribution >= 0.6 is 47.0 Å². The molecule has 10 heteroatoms. The van der Waals surface area contributed by atoms with E-state index in [0.29, 0.717) is 50.1 Å². The lowest BCUT2D eigenvalue weighted by molar-refractivity contribution is 0.269. The fourth-order valence-electron chi connectivity index (χ4n) is 3.00. The maximum atomic E-state index is 6.54. The van der Waals surface area contributed by atoms with Crippen LogP contribution in [0.2, 0.25) is 15.1 Å². The molecule has 0 fully saturated rings. The van der Waals surface area contributed by atoms with E-state index in [9.17, 15) is 0 Å². The minimum Gasteiger partial charge on any atom is -0.490 e. The van der Waals surface area contributed by atoms with Crippen LogP contribution < -0.4 is 14.9 Å². The van der Waals surface area contributed by atoms with Crippen LogP contribution in [-0.4, -0.2) is 21.5 Å². The van der Waals surface area contributed by atoms with Crippen LogP contribution in [0.4, 0.5) is 0 Å². The van der Waals surface area contributed by atoms with Gasteiger partial charge in [-0.2, -0.15) is 5.10 Å². The number of H-pyrrole nitrogens is 1. The highest BCUT2D eigenvalue weighted by Crippen LogP contribution is 2.38. The Bertz CT molecular complexity index is 1080. The van der Waals surface area contributed by atoms with Crippen LogP contribution in [0.25, 0.3) is 0 Å². The minimum atomic E-state index is 0.167. The zero-order chi connectivity index (χ0) is 22.4. The van der Waals surface area contributed by atoms with Gasteiger partial charge in [-0.1, -0.05) is 47.8 Å². The van der Waals surface area contributed by atoms with Crippen molar-refractivity contribution in [3.05, 3.63) is 67.1 Å². The maximum Gasteiger partial charge on any atom is 0.214 e. The van der Waals surface area contributed by atoms with Gasteiger partial charge >= 0.3 is 0 Å². The molecule has 31 heavy (non-hydrogen) atoms. The largest absolute Gasteiger partial charge is 0.490 e. The zero-order valence-corrected chi connectivity index (χ0v) is 20.3. The summed E-state index contributed by atoms with van der Waals surface area (Å²) in [5, 5.41) is 8.55. The van der Waals surface area contributed by atoms with Crippen LogP contribution in [0.15, 0.2) is 30.3 Å². The fraction of sp³-hybridized carbons (Fsp3) is 0.333. The Hall–Kier alpha value is -1.93. The molecule has 3 aromatic rings. The molecule has 0 aliphatic heterocycles. The predicted molar refractivity (Wildman–Crippen MR) is 128 cm³/mol. The third-order valence-corrected chi connectivity index (χ3v) is 5.71. The van der Waals surface area contributed by atoms with Gasteiger partial charge in [0.1, 0.15) is 6.61 Å². The first kappa shape index (κ1) is 23.7. The molecule has 0 saturated heterocycles. The summed E-state index contributed by atoms with van der Waals surface area (Å²) in [6, 6.07) is 9.02. The number of rotatable bonds is 10. The lowest BCUT2D eigenvalue weighted by Crippen LogP contribution is -2.17. The minimum absolute atomic E-state index is 0.167. The summed E-state index contributed by atoms with van der Waals surface area (Å²) in [4.78, 5) is 0. The van der Waals surface area contributed by atoms with Gasteiger partial charge in [-0.05, 0) is 55.4 Å². The molecule has 0 radical (unpaired) electrons. The fourth-order valence-corrected chi connectivity index (χ4v) is 4.01. The second-order valence-electron chi connectivity index (χ2n) is 6.69. The summed E-state index contributed by atoms with van der Waals surface area (Å²) in [6.07, 6.45) is 1.77. The molecule has 0 aliphatic rings. The third kappa shape index (κ3) is 5.86. The number of aromatic amines is 1. The van der Waals surface area contributed by atoms with Gasteiger partial charge in [-0.25, -0.2) is 4.68 Å². The molecule has 3 rings (SSSR count). The molecule has 0 bridgehead atoms. The van der Waals surface area contributed by atoms with Crippen molar-refractivity contribution in [2.75, 3.05) is 12.0 Å². The van der Waals surface area contributed by atoms with Crippen molar-refractivity contribution in [3.8, 4) is 11.5 Å². The van der Waals surface area contributed by atoms with E-state index in [1.807, 2.05) is 19.1 Å². The molecule has 2 aromatic carbocycles. The van der Waals surface area contributed by atoms with Gasteiger partial charge in [-0.15, -0.1) is 0 Å². The van der Waals surface area contributed by atoms with Gasteiger partial charge in [0, 0.05) is 22.0 Å². The zero-order valence-electron chi connectivity index (χ0n) is 17.2. The van der Waals surface area contributed by atoms with E-state index in [1.165, 1.54) is 0 Å². The lowest BCUT2D eigenvalue weighted by atomic mass is 10.2. The molecule has 0 unspecified atom stereocenters.